The molecule has 0 bridgehead atoms. The van der Waals surface area contributed by atoms with Crippen LogP contribution < -0.4 is 5.32 Å². The van der Waals surface area contributed by atoms with Crippen molar-refractivity contribution in [2.24, 2.45) is 0 Å². The molecule has 0 saturated carbocycles. The number of carbonyl (C=O) groups is 1. The Bertz CT molecular complexity index is 884. The van der Waals surface area contributed by atoms with Crippen molar-refractivity contribution in [1.82, 2.24) is 19.9 Å². The van der Waals surface area contributed by atoms with Crippen molar-refractivity contribution in [3.8, 4) is 0 Å². The second-order valence-corrected chi connectivity index (χ2v) is 6.02. The van der Waals surface area contributed by atoms with Crippen LogP contribution in [-0.4, -0.2) is 26.5 Å². The number of carbonyl (C=O) groups excluding carboxylic acids is 1. The first-order chi connectivity index (χ1) is 11.2. The van der Waals surface area contributed by atoms with Gasteiger partial charge in [0.05, 0.1) is 16.8 Å². The van der Waals surface area contributed by atoms with E-state index in [1.807, 2.05) is 49.6 Å². The first-order valence-electron chi connectivity index (χ1n) is 7.88. The third-order valence-corrected chi connectivity index (χ3v) is 4.43. The van der Waals surface area contributed by atoms with Gasteiger partial charge in [-0.05, 0) is 25.5 Å². The number of nitrogens with zero attached hydrogens (tertiary/aromatic N) is 3. The molecule has 2 aromatic heterocycles. The number of aryl methyl sites for hydroxylation is 2. The van der Waals surface area contributed by atoms with Crippen LogP contribution in [0.5, 0.6) is 0 Å². The standard InChI is InChI=1S/C18H18N4O/c1-12-15(10-13-4-2-3-5-16(13)20-12)18(23)21-14-6-7-17-19-8-9-22(17)11-14/h2-5,8-10,14H,6-7,11H2,1H3,(H,21,23)/t14-/m0/s1. The highest BCUT2D eigenvalue weighted by molar-refractivity contribution is 5.98. The number of para-hydroxylation sites is 1. The lowest BCUT2D eigenvalue weighted by Gasteiger charge is -2.25. The van der Waals surface area contributed by atoms with Gasteiger partial charge in [0.1, 0.15) is 5.82 Å². The number of hydrogen-bond donors (Lipinski definition) is 1. The van der Waals surface area contributed by atoms with Gasteiger partial charge < -0.3 is 9.88 Å². The number of benzene rings is 1. The quantitative estimate of drug-likeness (QED) is 0.791. The Morgan fingerprint density at radius 1 is 1.35 bits per heavy atom. The van der Waals surface area contributed by atoms with E-state index < -0.39 is 0 Å². The summed E-state index contributed by atoms with van der Waals surface area (Å²) in [6.45, 7) is 2.66. The summed E-state index contributed by atoms with van der Waals surface area (Å²) in [5.41, 5.74) is 2.34. The molecule has 4 rings (SSSR count). The van der Waals surface area contributed by atoms with E-state index in [1.54, 1.807) is 0 Å². The monoisotopic (exact) mass is 306 g/mol. The molecule has 0 unspecified atom stereocenters. The summed E-state index contributed by atoms with van der Waals surface area (Å²) < 4.78 is 2.11. The van der Waals surface area contributed by atoms with Crippen molar-refractivity contribution in [2.45, 2.75) is 32.4 Å². The van der Waals surface area contributed by atoms with Crippen molar-refractivity contribution >= 4 is 16.8 Å². The van der Waals surface area contributed by atoms with Crippen LogP contribution in [0.2, 0.25) is 0 Å². The molecule has 1 aliphatic heterocycles. The third kappa shape index (κ3) is 2.59. The largest absolute Gasteiger partial charge is 0.347 e. The maximum atomic E-state index is 12.7. The van der Waals surface area contributed by atoms with Gasteiger partial charge in [0, 0.05) is 36.8 Å². The van der Waals surface area contributed by atoms with Gasteiger partial charge in [-0.3, -0.25) is 9.78 Å². The molecule has 0 radical (unpaired) electrons. The zero-order chi connectivity index (χ0) is 15.8. The number of hydrogen-bond acceptors (Lipinski definition) is 3. The molecule has 116 valence electrons. The predicted octanol–water partition coefficient (Wildman–Crippen LogP) is 2.48. The van der Waals surface area contributed by atoms with E-state index in [2.05, 4.69) is 19.9 Å². The fourth-order valence-electron chi connectivity index (χ4n) is 3.19. The van der Waals surface area contributed by atoms with Crippen LogP contribution in [0.15, 0.2) is 42.7 Å². The number of amides is 1. The molecule has 0 fully saturated rings. The predicted molar refractivity (Wildman–Crippen MR) is 88.3 cm³/mol. The molecule has 1 atom stereocenters. The molecule has 0 spiro atoms. The van der Waals surface area contributed by atoms with E-state index in [1.165, 1.54) is 0 Å². The number of aromatic nitrogens is 3. The average molecular weight is 306 g/mol. The molecular weight excluding hydrogens is 288 g/mol. The van der Waals surface area contributed by atoms with Gasteiger partial charge in [-0.1, -0.05) is 18.2 Å². The van der Waals surface area contributed by atoms with Gasteiger partial charge in [-0.2, -0.15) is 0 Å². The van der Waals surface area contributed by atoms with Crippen molar-refractivity contribution in [3.63, 3.8) is 0 Å². The Labute approximate surface area is 134 Å². The molecule has 5 nitrogen and oxygen atoms in total. The third-order valence-electron chi connectivity index (χ3n) is 4.43. The molecule has 5 heteroatoms. The first kappa shape index (κ1) is 13.9. The summed E-state index contributed by atoms with van der Waals surface area (Å²) in [6.07, 6.45) is 5.60. The van der Waals surface area contributed by atoms with Crippen LogP contribution >= 0.6 is 0 Å². The number of imidazole rings is 1. The Morgan fingerprint density at radius 3 is 3.13 bits per heavy atom. The number of fused-ring (bicyclic) bond motifs is 2. The van der Waals surface area contributed by atoms with E-state index in [0.717, 1.165) is 41.8 Å². The smallest absolute Gasteiger partial charge is 0.253 e. The molecule has 23 heavy (non-hydrogen) atoms. The summed E-state index contributed by atoms with van der Waals surface area (Å²) in [7, 11) is 0. The molecule has 1 aromatic carbocycles. The SMILES string of the molecule is Cc1nc2ccccc2cc1C(=O)N[C@H]1CCc2nccn2C1. The average Bonchev–Trinajstić information content (AvgIpc) is 3.01. The minimum Gasteiger partial charge on any atom is -0.347 e. The van der Waals surface area contributed by atoms with Gasteiger partial charge in [0.25, 0.3) is 5.91 Å². The zero-order valence-electron chi connectivity index (χ0n) is 13.0. The lowest BCUT2D eigenvalue weighted by molar-refractivity contribution is 0.0926. The van der Waals surface area contributed by atoms with Crippen molar-refractivity contribution in [1.29, 1.82) is 0 Å². The second kappa shape index (κ2) is 5.50. The molecule has 0 aliphatic carbocycles. The second-order valence-electron chi connectivity index (χ2n) is 6.02. The van der Waals surface area contributed by atoms with E-state index >= 15 is 0 Å². The first-order valence-corrected chi connectivity index (χ1v) is 7.88. The van der Waals surface area contributed by atoms with E-state index in [0.29, 0.717) is 5.56 Å². The lowest BCUT2D eigenvalue weighted by atomic mass is 10.1. The van der Waals surface area contributed by atoms with Gasteiger partial charge in [-0.15, -0.1) is 0 Å². The Hall–Kier alpha value is -2.69. The van der Waals surface area contributed by atoms with Crippen LogP contribution in [0.25, 0.3) is 10.9 Å². The fraction of sp³-hybridized carbons (Fsp3) is 0.278. The number of nitrogens with one attached hydrogen (secondary N) is 1. The van der Waals surface area contributed by atoms with Crippen LogP contribution in [0.4, 0.5) is 0 Å². The van der Waals surface area contributed by atoms with Gasteiger partial charge in [0.2, 0.25) is 0 Å². The van der Waals surface area contributed by atoms with Gasteiger partial charge in [0.15, 0.2) is 0 Å². The van der Waals surface area contributed by atoms with E-state index in [9.17, 15) is 4.79 Å². The van der Waals surface area contributed by atoms with Crippen molar-refractivity contribution in [2.75, 3.05) is 0 Å². The van der Waals surface area contributed by atoms with Crippen molar-refractivity contribution in [3.05, 3.63) is 59.8 Å². The van der Waals surface area contributed by atoms with Crippen molar-refractivity contribution < 1.29 is 4.79 Å². The van der Waals surface area contributed by atoms with Gasteiger partial charge in [-0.25, -0.2) is 4.98 Å². The highest BCUT2D eigenvalue weighted by atomic mass is 16.1. The molecule has 1 N–H and O–H groups in total. The number of pyridine rings is 1. The molecule has 1 amide bonds. The zero-order valence-corrected chi connectivity index (χ0v) is 13.0. The molecule has 3 aromatic rings. The summed E-state index contributed by atoms with van der Waals surface area (Å²) >= 11 is 0. The summed E-state index contributed by atoms with van der Waals surface area (Å²) in [4.78, 5) is 21.5. The Balaban J connectivity index is 1.56. The van der Waals surface area contributed by atoms with Crippen LogP contribution in [0.1, 0.15) is 28.3 Å². The minimum atomic E-state index is -0.0469. The van der Waals surface area contributed by atoms with E-state index in [4.69, 9.17) is 0 Å². The summed E-state index contributed by atoms with van der Waals surface area (Å²) in [6, 6.07) is 9.93. The van der Waals surface area contributed by atoms with Crippen LogP contribution in [0.3, 0.4) is 0 Å². The van der Waals surface area contributed by atoms with Crippen LogP contribution in [-0.2, 0) is 13.0 Å². The molecular formula is C18H18N4O. The topological polar surface area (TPSA) is 59.8 Å². The lowest BCUT2D eigenvalue weighted by Crippen LogP contribution is -2.41. The fourth-order valence-corrected chi connectivity index (χ4v) is 3.19. The highest BCUT2D eigenvalue weighted by Gasteiger charge is 2.21. The molecule has 1 aliphatic rings. The summed E-state index contributed by atoms with van der Waals surface area (Å²) in [5, 5.41) is 4.13. The van der Waals surface area contributed by atoms with E-state index in [-0.39, 0.29) is 11.9 Å². The minimum absolute atomic E-state index is 0.0469. The molecule has 0 saturated heterocycles. The van der Waals surface area contributed by atoms with Crippen LogP contribution in [0, 0.1) is 6.92 Å². The Morgan fingerprint density at radius 2 is 2.22 bits per heavy atom. The maximum Gasteiger partial charge on any atom is 0.253 e. The highest BCUT2D eigenvalue weighted by Crippen LogP contribution is 2.18. The summed E-state index contributed by atoms with van der Waals surface area (Å²) in [5.74, 6) is 1.05. The van der Waals surface area contributed by atoms with Gasteiger partial charge >= 0.3 is 0 Å². The number of rotatable bonds is 2. The molecule has 3 heterocycles. The maximum absolute atomic E-state index is 12.7. The Kier molecular flexibility index (Phi) is 3.33. The normalized spacial score (nSPS) is 17.0.